The number of nitrogens with one attached hydrogen (secondary N) is 1. The van der Waals surface area contributed by atoms with Gasteiger partial charge in [-0.1, -0.05) is 25.2 Å². The molecule has 0 atom stereocenters. The summed E-state index contributed by atoms with van der Waals surface area (Å²) < 4.78 is 11.7. The van der Waals surface area contributed by atoms with E-state index in [1.54, 1.807) is 6.08 Å². The van der Waals surface area contributed by atoms with Gasteiger partial charge in [0.2, 0.25) is 0 Å². The zero-order valence-corrected chi connectivity index (χ0v) is 15.1. The maximum Gasteiger partial charge on any atom is 0.303 e. The van der Waals surface area contributed by atoms with Gasteiger partial charge in [0, 0.05) is 13.0 Å². The Morgan fingerprint density at radius 3 is 2.69 bits per heavy atom. The third kappa shape index (κ3) is 5.17. The van der Waals surface area contributed by atoms with E-state index in [0.29, 0.717) is 17.3 Å². The molecule has 26 heavy (non-hydrogen) atoms. The molecule has 0 aliphatic heterocycles. The third-order valence-corrected chi connectivity index (χ3v) is 3.52. The normalized spacial score (nSPS) is 12.3. The number of aromatic nitrogens is 4. The topological polar surface area (TPSA) is 98.6 Å². The molecule has 0 fully saturated rings. The number of aromatic amines is 1. The van der Waals surface area contributed by atoms with Crippen LogP contribution < -0.4 is 5.56 Å². The second-order valence-corrected chi connectivity index (χ2v) is 5.60. The van der Waals surface area contributed by atoms with E-state index < -0.39 is 5.97 Å². The molecule has 0 bridgehead atoms. The predicted molar refractivity (Wildman–Crippen MR) is 96.2 cm³/mol. The van der Waals surface area contributed by atoms with Gasteiger partial charge in [0.1, 0.15) is 12.4 Å². The summed E-state index contributed by atoms with van der Waals surface area (Å²) in [6.07, 6.45) is 6.32. The van der Waals surface area contributed by atoms with E-state index in [2.05, 4.69) is 28.6 Å². The number of esters is 1. The number of hydrogen-bond acceptors (Lipinski definition) is 6. The zero-order valence-electron chi connectivity index (χ0n) is 15.1. The fourth-order valence-corrected chi connectivity index (χ4v) is 1.95. The molecule has 0 saturated carbocycles. The highest BCUT2D eigenvalue weighted by molar-refractivity contribution is 5.65. The third-order valence-electron chi connectivity index (χ3n) is 3.52. The first-order chi connectivity index (χ1) is 12.4. The van der Waals surface area contributed by atoms with E-state index in [4.69, 9.17) is 9.47 Å². The molecule has 0 aromatic carbocycles. The first-order valence-corrected chi connectivity index (χ1v) is 8.16. The van der Waals surface area contributed by atoms with Gasteiger partial charge in [0.05, 0.1) is 5.69 Å². The number of ether oxygens (including phenoxy) is 2. The van der Waals surface area contributed by atoms with Gasteiger partial charge in [-0.25, -0.2) is 4.98 Å². The van der Waals surface area contributed by atoms with Gasteiger partial charge in [0.25, 0.3) is 11.3 Å². The Morgan fingerprint density at radius 1 is 1.27 bits per heavy atom. The van der Waals surface area contributed by atoms with Gasteiger partial charge in [0.15, 0.2) is 12.4 Å². The number of fused-ring (bicyclic) bond motifs is 1. The molecule has 0 unspecified atom stereocenters. The lowest BCUT2D eigenvalue weighted by molar-refractivity contribution is -0.142. The van der Waals surface area contributed by atoms with Crippen molar-refractivity contribution in [3.05, 3.63) is 64.1 Å². The molecular weight excluding hydrogens is 336 g/mol. The molecule has 2 aromatic rings. The molecule has 8 heteroatoms. The molecule has 138 valence electrons. The van der Waals surface area contributed by atoms with Crippen molar-refractivity contribution in [2.75, 3.05) is 0 Å². The Morgan fingerprint density at radius 2 is 2.04 bits per heavy atom. The van der Waals surface area contributed by atoms with Crippen molar-refractivity contribution in [1.82, 2.24) is 19.6 Å². The fourth-order valence-electron chi connectivity index (χ4n) is 1.95. The van der Waals surface area contributed by atoms with Crippen LogP contribution in [0.25, 0.3) is 5.78 Å². The van der Waals surface area contributed by atoms with Crippen LogP contribution >= 0.6 is 0 Å². The summed E-state index contributed by atoms with van der Waals surface area (Å²) in [5.41, 5.74) is 1.31. The number of nitrogens with zero attached hydrogens (tertiary/aromatic N) is 3. The van der Waals surface area contributed by atoms with Crippen molar-refractivity contribution in [2.24, 2.45) is 0 Å². The lowest BCUT2D eigenvalue weighted by atomic mass is 10.2. The molecule has 2 heterocycles. The van der Waals surface area contributed by atoms with Crippen LogP contribution in [0.15, 0.2) is 47.0 Å². The van der Waals surface area contributed by atoms with Gasteiger partial charge < -0.3 is 9.47 Å². The lowest BCUT2D eigenvalue weighted by Gasteiger charge is -2.05. The first-order valence-electron chi connectivity index (χ1n) is 8.16. The van der Waals surface area contributed by atoms with Crippen LogP contribution in [0.2, 0.25) is 0 Å². The van der Waals surface area contributed by atoms with E-state index in [9.17, 15) is 9.59 Å². The minimum atomic E-state index is -0.434. The number of carbonyl (C=O) groups excluding carboxylic acids is 1. The second-order valence-electron chi connectivity index (χ2n) is 5.60. The number of hydrogen-bond donors (Lipinski definition) is 1. The zero-order chi connectivity index (χ0) is 19.1. The fraction of sp³-hybridized carbons (Fsp3) is 0.333. The number of allylic oxidation sites excluding steroid dienone is 4. The summed E-state index contributed by atoms with van der Waals surface area (Å²) in [7, 11) is 0. The quantitative estimate of drug-likeness (QED) is 0.442. The molecule has 0 spiro atoms. The summed E-state index contributed by atoms with van der Waals surface area (Å²) in [5.74, 6) is 0.659. The average molecular weight is 358 g/mol. The van der Waals surface area contributed by atoms with E-state index in [-0.39, 0.29) is 24.6 Å². The largest absolute Gasteiger partial charge is 0.487 e. The predicted octanol–water partition coefficient (Wildman–Crippen LogP) is 2.42. The monoisotopic (exact) mass is 358 g/mol. The van der Waals surface area contributed by atoms with Crippen LogP contribution in [0.4, 0.5) is 0 Å². The van der Waals surface area contributed by atoms with E-state index >= 15 is 0 Å². The molecule has 0 saturated heterocycles. The van der Waals surface area contributed by atoms with E-state index in [1.165, 1.54) is 23.1 Å². The summed E-state index contributed by atoms with van der Waals surface area (Å²) in [6, 6.07) is 1.36. The van der Waals surface area contributed by atoms with Crippen molar-refractivity contribution < 1.29 is 14.3 Å². The molecule has 2 rings (SSSR count). The van der Waals surface area contributed by atoms with Crippen LogP contribution in [0.3, 0.4) is 0 Å². The Labute approximate surface area is 150 Å². The molecule has 0 aliphatic rings. The minimum Gasteiger partial charge on any atom is -0.487 e. The summed E-state index contributed by atoms with van der Waals surface area (Å²) in [4.78, 5) is 31.4. The van der Waals surface area contributed by atoms with E-state index in [0.717, 1.165) is 6.42 Å². The minimum absolute atomic E-state index is 0.0591. The first kappa shape index (κ1) is 19.2. The van der Waals surface area contributed by atoms with Gasteiger partial charge in [-0.05, 0) is 25.5 Å². The highest BCUT2D eigenvalue weighted by Gasteiger charge is 2.09. The number of rotatable bonds is 8. The van der Waals surface area contributed by atoms with Crippen molar-refractivity contribution in [1.29, 1.82) is 0 Å². The maximum absolute atomic E-state index is 12.2. The van der Waals surface area contributed by atoms with E-state index in [1.807, 2.05) is 19.1 Å². The van der Waals surface area contributed by atoms with Crippen molar-refractivity contribution in [3.63, 3.8) is 0 Å². The van der Waals surface area contributed by atoms with Crippen LogP contribution in [0.1, 0.15) is 38.7 Å². The molecular formula is C18H22N4O4. The van der Waals surface area contributed by atoms with Crippen LogP contribution in [-0.2, 0) is 27.5 Å². The van der Waals surface area contributed by atoms with Crippen LogP contribution in [0, 0.1) is 0 Å². The SMILES string of the molecule is C=C/C(=C\C=C(/C)CC)OCc1cc(=O)n2[nH]c(COC(C)=O)nc2n1. The Bertz CT molecular complexity index is 921. The van der Waals surface area contributed by atoms with Gasteiger partial charge in [-0.3, -0.25) is 14.7 Å². The molecule has 0 aliphatic carbocycles. The van der Waals surface area contributed by atoms with Crippen molar-refractivity contribution in [3.8, 4) is 0 Å². The summed E-state index contributed by atoms with van der Waals surface area (Å²) in [6.45, 7) is 9.15. The molecule has 1 N–H and O–H groups in total. The lowest BCUT2D eigenvalue weighted by Crippen LogP contribution is -2.16. The van der Waals surface area contributed by atoms with Crippen molar-refractivity contribution in [2.45, 2.75) is 40.4 Å². The molecule has 2 aromatic heterocycles. The highest BCUT2D eigenvalue weighted by atomic mass is 16.5. The van der Waals surface area contributed by atoms with Crippen LogP contribution in [-0.4, -0.2) is 25.6 Å². The van der Waals surface area contributed by atoms with Gasteiger partial charge >= 0.3 is 5.97 Å². The summed E-state index contributed by atoms with van der Waals surface area (Å²) >= 11 is 0. The second kappa shape index (κ2) is 8.80. The van der Waals surface area contributed by atoms with Crippen molar-refractivity contribution >= 4 is 11.7 Å². The molecule has 0 amide bonds. The number of H-pyrrole nitrogens is 1. The van der Waals surface area contributed by atoms with Gasteiger partial charge in [-0.2, -0.15) is 9.50 Å². The Kier molecular flexibility index (Phi) is 6.48. The highest BCUT2D eigenvalue weighted by Crippen LogP contribution is 2.07. The smallest absolute Gasteiger partial charge is 0.303 e. The van der Waals surface area contributed by atoms with Crippen LogP contribution in [0.5, 0.6) is 0 Å². The summed E-state index contributed by atoms with van der Waals surface area (Å²) in [5, 5.41) is 2.74. The Balaban J connectivity index is 2.16. The molecule has 0 radical (unpaired) electrons. The van der Waals surface area contributed by atoms with Gasteiger partial charge in [-0.15, -0.1) is 0 Å². The number of carbonyl (C=O) groups is 1. The average Bonchev–Trinajstić information content (AvgIpc) is 3.03. The molecule has 8 nitrogen and oxygen atoms in total. The Hall–Kier alpha value is -3.16. The maximum atomic E-state index is 12.2. The standard InChI is InChI=1S/C18H22N4O4/c1-5-12(3)7-8-15(6-2)26-10-14-9-17(24)22-18(19-14)20-16(21-22)11-25-13(4)23/h6-9H,2,5,10-11H2,1,3-4H3,(H,19,20,21)/b12-7+,15-8+.